The van der Waals surface area contributed by atoms with Crippen molar-refractivity contribution in [3.8, 4) is 0 Å². The first-order chi connectivity index (χ1) is 5.58. The maximum absolute atomic E-state index is 3.88. The van der Waals surface area contributed by atoms with E-state index in [4.69, 9.17) is 0 Å². The first-order valence-corrected chi connectivity index (χ1v) is 4.89. The molecule has 0 N–H and O–H groups in total. The molecule has 1 aliphatic rings. The Morgan fingerprint density at radius 2 is 2.33 bits per heavy atom. The summed E-state index contributed by atoms with van der Waals surface area (Å²) in [4.78, 5) is 0. The molecule has 12 heavy (non-hydrogen) atoms. The summed E-state index contributed by atoms with van der Waals surface area (Å²) in [6.45, 7) is 10.6. The molecule has 0 radical (unpaired) electrons. The van der Waals surface area contributed by atoms with Gasteiger partial charge < -0.3 is 0 Å². The molecule has 0 heterocycles. The van der Waals surface area contributed by atoms with Crippen molar-refractivity contribution in [3.63, 3.8) is 0 Å². The van der Waals surface area contributed by atoms with Gasteiger partial charge in [0, 0.05) is 0 Å². The Kier molecular flexibility index (Phi) is 2.76. The summed E-state index contributed by atoms with van der Waals surface area (Å²) in [5.74, 6) is 0.849. The standard InChI is InChI=1S/C12H20/c1-5-12(4)9-11(12)8-6-7-10(2)3/h6,8,11H,2,5,7,9H2,1,3-4H3. The average molecular weight is 164 g/mol. The second-order valence-corrected chi connectivity index (χ2v) is 4.41. The number of allylic oxidation sites excluding steroid dienone is 3. The lowest BCUT2D eigenvalue weighted by Crippen LogP contribution is -1.92. The second kappa shape index (κ2) is 3.47. The van der Waals surface area contributed by atoms with E-state index < -0.39 is 0 Å². The molecule has 0 aromatic carbocycles. The molecule has 0 nitrogen and oxygen atoms in total. The maximum atomic E-state index is 3.88. The van der Waals surface area contributed by atoms with Crippen molar-refractivity contribution in [1.82, 2.24) is 0 Å². The summed E-state index contributed by atoms with van der Waals surface area (Å²) in [7, 11) is 0. The zero-order chi connectivity index (χ0) is 9.19. The van der Waals surface area contributed by atoms with Crippen LogP contribution in [0.3, 0.4) is 0 Å². The first-order valence-electron chi connectivity index (χ1n) is 4.89. The molecular weight excluding hydrogens is 144 g/mol. The van der Waals surface area contributed by atoms with Gasteiger partial charge in [-0.25, -0.2) is 0 Å². The van der Waals surface area contributed by atoms with Crippen LogP contribution in [0.5, 0.6) is 0 Å². The monoisotopic (exact) mass is 164 g/mol. The third kappa shape index (κ3) is 2.23. The van der Waals surface area contributed by atoms with Gasteiger partial charge >= 0.3 is 0 Å². The third-order valence-electron chi connectivity index (χ3n) is 3.06. The highest BCUT2D eigenvalue weighted by Crippen LogP contribution is 2.55. The maximum Gasteiger partial charge on any atom is -0.0144 e. The Morgan fingerprint density at radius 3 is 2.75 bits per heavy atom. The van der Waals surface area contributed by atoms with Crippen LogP contribution in [-0.4, -0.2) is 0 Å². The molecule has 1 saturated carbocycles. The molecule has 2 unspecified atom stereocenters. The van der Waals surface area contributed by atoms with E-state index in [0.717, 1.165) is 12.3 Å². The van der Waals surface area contributed by atoms with Crippen molar-refractivity contribution < 1.29 is 0 Å². The molecule has 0 aromatic heterocycles. The van der Waals surface area contributed by atoms with Crippen LogP contribution < -0.4 is 0 Å². The van der Waals surface area contributed by atoms with Gasteiger partial charge in [0.1, 0.15) is 0 Å². The molecule has 1 rings (SSSR count). The minimum atomic E-state index is 0.631. The van der Waals surface area contributed by atoms with E-state index in [9.17, 15) is 0 Å². The molecule has 0 heteroatoms. The minimum Gasteiger partial charge on any atom is -0.0998 e. The molecule has 1 fully saturated rings. The average Bonchev–Trinajstić information content (AvgIpc) is 2.63. The van der Waals surface area contributed by atoms with Crippen LogP contribution >= 0.6 is 0 Å². The zero-order valence-electron chi connectivity index (χ0n) is 8.56. The summed E-state index contributed by atoms with van der Waals surface area (Å²) in [6.07, 6.45) is 8.40. The fraction of sp³-hybridized carbons (Fsp3) is 0.667. The van der Waals surface area contributed by atoms with Gasteiger partial charge in [-0.1, -0.05) is 44.6 Å². The van der Waals surface area contributed by atoms with Crippen molar-refractivity contribution in [2.45, 2.75) is 40.0 Å². The summed E-state index contributed by atoms with van der Waals surface area (Å²) < 4.78 is 0. The van der Waals surface area contributed by atoms with E-state index in [1.807, 2.05) is 0 Å². The molecule has 0 spiro atoms. The predicted molar refractivity (Wildman–Crippen MR) is 55.1 cm³/mol. The highest BCUT2D eigenvalue weighted by atomic mass is 14.5. The molecule has 68 valence electrons. The Balaban J connectivity index is 2.27. The van der Waals surface area contributed by atoms with E-state index in [1.165, 1.54) is 18.4 Å². The van der Waals surface area contributed by atoms with Gasteiger partial charge in [-0.3, -0.25) is 0 Å². The summed E-state index contributed by atoms with van der Waals surface area (Å²) in [5.41, 5.74) is 1.89. The van der Waals surface area contributed by atoms with E-state index in [-0.39, 0.29) is 0 Å². The lowest BCUT2D eigenvalue weighted by molar-refractivity contribution is 0.518. The van der Waals surface area contributed by atoms with Gasteiger partial charge in [-0.2, -0.15) is 0 Å². The van der Waals surface area contributed by atoms with Gasteiger partial charge in [0.15, 0.2) is 0 Å². The van der Waals surface area contributed by atoms with E-state index in [1.54, 1.807) is 0 Å². The van der Waals surface area contributed by atoms with E-state index in [2.05, 4.69) is 39.5 Å². The van der Waals surface area contributed by atoms with Crippen LogP contribution in [0.25, 0.3) is 0 Å². The second-order valence-electron chi connectivity index (χ2n) is 4.41. The highest BCUT2D eigenvalue weighted by Gasteiger charge is 2.46. The number of rotatable bonds is 4. The van der Waals surface area contributed by atoms with Gasteiger partial charge in [-0.15, -0.1) is 0 Å². The quantitative estimate of drug-likeness (QED) is 0.552. The topological polar surface area (TPSA) is 0 Å². The van der Waals surface area contributed by atoms with Gasteiger partial charge in [-0.05, 0) is 31.1 Å². The molecule has 2 atom stereocenters. The van der Waals surface area contributed by atoms with Crippen molar-refractivity contribution >= 4 is 0 Å². The summed E-state index contributed by atoms with van der Waals surface area (Å²) >= 11 is 0. The Bertz CT molecular complexity index is 200. The minimum absolute atomic E-state index is 0.631. The molecule has 0 aliphatic heterocycles. The van der Waals surface area contributed by atoms with E-state index >= 15 is 0 Å². The lowest BCUT2D eigenvalue weighted by Gasteiger charge is -2.02. The van der Waals surface area contributed by atoms with Crippen molar-refractivity contribution in [3.05, 3.63) is 24.3 Å². The smallest absolute Gasteiger partial charge is 0.0144 e. The Hall–Kier alpha value is -0.520. The largest absolute Gasteiger partial charge is 0.0998 e. The molecule has 0 amide bonds. The molecular formula is C12H20. The van der Waals surface area contributed by atoms with Crippen LogP contribution in [0.4, 0.5) is 0 Å². The molecule has 0 saturated heterocycles. The molecule has 0 aromatic rings. The number of hydrogen-bond donors (Lipinski definition) is 0. The fourth-order valence-electron chi connectivity index (χ4n) is 1.58. The normalized spacial score (nSPS) is 34.1. The van der Waals surface area contributed by atoms with Gasteiger partial charge in [0.25, 0.3) is 0 Å². The van der Waals surface area contributed by atoms with Crippen molar-refractivity contribution in [2.75, 3.05) is 0 Å². The van der Waals surface area contributed by atoms with Crippen LogP contribution in [0.1, 0.15) is 40.0 Å². The van der Waals surface area contributed by atoms with E-state index in [0.29, 0.717) is 5.41 Å². The number of hydrogen-bond acceptors (Lipinski definition) is 0. The highest BCUT2D eigenvalue weighted by molar-refractivity contribution is 5.11. The van der Waals surface area contributed by atoms with Crippen LogP contribution in [-0.2, 0) is 0 Å². The van der Waals surface area contributed by atoms with Crippen LogP contribution in [0.15, 0.2) is 24.3 Å². The van der Waals surface area contributed by atoms with Gasteiger partial charge in [0.2, 0.25) is 0 Å². The molecule has 0 bridgehead atoms. The lowest BCUT2D eigenvalue weighted by atomic mass is 10.0. The van der Waals surface area contributed by atoms with Crippen LogP contribution in [0, 0.1) is 11.3 Å². The van der Waals surface area contributed by atoms with Crippen molar-refractivity contribution in [2.24, 2.45) is 11.3 Å². The van der Waals surface area contributed by atoms with Gasteiger partial charge in [0.05, 0.1) is 0 Å². The SMILES string of the molecule is C=C(C)CC=CC1CC1(C)CC. The fourth-order valence-corrected chi connectivity index (χ4v) is 1.58. The molecule has 1 aliphatic carbocycles. The Morgan fingerprint density at radius 1 is 1.67 bits per heavy atom. The summed E-state index contributed by atoms with van der Waals surface area (Å²) in [5, 5.41) is 0. The zero-order valence-corrected chi connectivity index (χ0v) is 8.56. The predicted octanol–water partition coefficient (Wildman–Crippen LogP) is 3.95. The summed E-state index contributed by atoms with van der Waals surface area (Å²) in [6, 6.07) is 0. The Labute approximate surface area is 76.4 Å². The first kappa shape index (κ1) is 9.57. The van der Waals surface area contributed by atoms with Crippen molar-refractivity contribution in [1.29, 1.82) is 0 Å². The van der Waals surface area contributed by atoms with Crippen LogP contribution in [0.2, 0.25) is 0 Å². The third-order valence-corrected chi connectivity index (χ3v) is 3.06.